The van der Waals surface area contributed by atoms with Crippen molar-refractivity contribution >= 4 is 52.2 Å². The van der Waals surface area contributed by atoms with Gasteiger partial charge < -0.3 is 14.5 Å². The quantitative estimate of drug-likeness (QED) is 0.341. The van der Waals surface area contributed by atoms with E-state index in [4.69, 9.17) is 4.74 Å². The molecule has 3 aliphatic heterocycles. The number of piperidine rings is 1. The topological polar surface area (TPSA) is 92.2 Å². The molecule has 1 aromatic heterocycles. The fourth-order valence-corrected chi connectivity index (χ4v) is 9.23. The van der Waals surface area contributed by atoms with Gasteiger partial charge in [-0.3, -0.25) is 23.7 Å². The number of thiazole rings is 1. The SMILES string of the molecule is CCN(CC)c1ccc(C2c3sc(=O)n(CC(=O)N4CCCCC4)c3SC3C(=O)N(c4ccc(OC)cc4)C(=O)C32)cc1. The molecular formula is C32H36N4O5S2. The van der Waals surface area contributed by atoms with Crippen LogP contribution < -0.4 is 19.4 Å². The molecule has 4 heterocycles. The van der Waals surface area contributed by atoms with Gasteiger partial charge >= 0.3 is 4.87 Å². The van der Waals surface area contributed by atoms with Crippen LogP contribution in [0.3, 0.4) is 0 Å². The summed E-state index contributed by atoms with van der Waals surface area (Å²) < 4.78 is 6.80. The van der Waals surface area contributed by atoms with Crippen LogP contribution in [0.25, 0.3) is 0 Å². The third-order valence-corrected chi connectivity index (χ3v) is 11.4. The van der Waals surface area contributed by atoms with Crippen molar-refractivity contribution in [2.45, 2.75) is 55.8 Å². The summed E-state index contributed by atoms with van der Waals surface area (Å²) in [6.07, 6.45) is 3.03. The molecule has 3 unspecified atom stereocenters. The summed E-state index contributed by atoms with van der Waals surface area (Å²) >= 11 is 2.34. The second kappa shape index (κ2) is 12.2. The van der Waals surface area contributed by atoms with E-state index in [-0.39, 0.29) is 29.1 Å². The number of hydrogen-bond acceptors (Lipinski definition) is 8. The molecule has 2 saturated heterocycles. The van der Waals surface area contributed by atoms with Gasteiger partial charge in [0.1, 0.15) is 17.5 Å². The lowest BCUT2D eigenvalue weighted by Gasteiger charge is -2.31. The lowest BCUT2D eigenvalue weighted by molar-refractivity contribution is -0.133. The van der Waals surface area contributed by atoms with E-state index in [0.29, 0.717) is 29.6 Å². The highest BCUT2D eigenvalue weighted by molar-refractivity contribution is 8.00. The van der Waals surface area contributed by atoms with E-state index in [0.717, 1.165) is 59.8 Å². The minimum absolute atomic E-state index is 0.0625. The number of methoxy groups -OCH3 is 1. The Bertz CT molecular complexity index is 1570. The van der Waals surface area contributed by atoms with Crippen molar-refractivity contribution in [3.05, 3.63) is 68.6 Å². The van der Waals surface area contributed by atoms with Crippen LogP contribution in [0.5, 0.6) is 5.75 Å². The van der Waals surface area contributed by atoms with Crippen molar-refractivity contribution in [2.24, 2.45) is 5.92 Å². The first-order chi connectivity index (χ1) is 20.9. The van der Waals surface area contributed by atoms with Gasteiger partial charge in [0.05, 0.1) is 23.7 Å². The Morgan fingerprint density at radius 2 is 1.60 bits per heavy atom. The fraction of sp³-hybridized carbons (Fsp3) is 0.438. The number of benzene rings is 2. The number of thioether (sulfide) groups is 1. The number of rotatable bonds is 8. The largest absolute Gasteiger partial charge is 0.497 e. The minimum Gasteiger partial charge on any atom is -0.497 e. The number of anilines is 2. The second-order valence-corrected chi connectivity index (χ2v) is 13.2. The third kappa shape index (κ3) is 5.26. The van der Waals surface area contributed by atoms with E-state index in [2.05, 4.69) is 18.7 Å². The van der Waals surface area contributed by atoms with Crippen molar-refractivity contribution in [3.63, 3.8) is 0 Å². The van der Waals surface area contributed by atoms with Crippen LogP contribution in [-0.4, -0.2) is 65.7 Å². The maximum absolute atomic E-state index is 14.2. The molecule has 9 nitrogen and oxygen atoms in total. The highest BCUT2D eigenvalue weighted by atomic mass is 32.2. The first-order valence-electron chi connectivity index (χ1n) is 14.9. The van der Waals surface area contributed by atoms with Gasteiger partial charge in [-0.2, -0.15) is 0 Å². The molecule has 0 spiro atoms. The number of amides is 3. The second-order valence-electron chi connectivity index (χ2n) is 11.1. The molecule has 0 radical (unpaired) electrons. The predicted octanol–water partition coefficient (Wildman–Crippen LogP) is 4.57. The number of likely N-dealkylation sites (tertiary alicyclic amines) is 1. The highest BCUT2D eigenvalue weighted by Gasteiger charge is 2.56. The van der Waals surface area contributed by atoms with Crippen molar-refractivity contribution < 1.29 is 19.1 Å². The summed E-state index contributed by atoms with van der Waals surface area (Å²) in [5, 5.41) is -0.0999. The standard InChI is InChI=1S/C32H36N4O5S2/c1-4-33(5-2)21-11-9-20(10-12-21)25-26-27(30(39)36(29(26)38)22-13-15-23(41-3)16-14-22)42-31-28(25)43-32(40)35(31)19-24(37)34-17-7-6-8-18-34/h9-16,25-27H,4-8,17-19H2,1-3H3. The Hall–Kier alpha value is -3.57. The number of nitrogens with zero attached hydrogens (tertiary/aromatic N) is 4. The van der Waals surface area contributed by atoms with E-state index in [1.807, 2.05) is 29.2 Å². The number of carbonyl (C=O) groups is 3. The lowest BCUT2D eigenvalue weighted by atomic mass is 9.83. The van der Waals surface area contributed by atoms with Crippen LogP contribution >= 0.6 is 23.1 Å². The fourth-order valence-electron chi connectivity index (χ4n) is 6.46. The number of hydrogen-bond donors (Lipinski definition) is 0. The molecule has 3 amide bonds. The Morgan fingerprint density at radius 3 is 2.23 bits per heavy atom. The zero-order valence-electron chi connectivity index (χ0n) is 24.7. The Labute approximate surface area is 259 Å². The van der Waals surface area contributed by atoms with E-state index < -0.39 is 17.1 Å². The molecule has 2 aromatic carbocycles. The van der Waals surface area contributed by atoms with Gasteiger partial charge in [-0.05, 0) is 75.1 Å². The smallest absolute Gasteiger partial charge is 0.308 e. The summed E-state index contributed by atoms with van der Waals surface area (Å²) in [4.78, 5) is 60.7. The number of imide groups is 1. The predicted molar refractivity (Wildman–Crippen MR) is 169 cm³/mol. The average molecular weight is 621 g/mol. The van der Waals surface area contributed by atoms with Crippen LogP contribution in [0.1, 0.15) is 49.5 Å². The molecule has 2 fully saturated rings. The molecule has 6 rings (SSSR count). The van der Waals surface area contributed by atoms with Crippen LogP contribution in [0, 0.1) is 5.92 Å². The van der Waals surface area contributed by atoms with Crippen molar-refractivity contribution in [1.82, 2.24) is 9.47 Å². The molecule has 43 heavy (non-hydrogen) atoms. The summed E-state index contributed by atoms with van der Waals surface area (Å²) in [6, 6.07) is 15.0. The van der Waals surface area contributed by atoms with Crippen molar-refractivity contribution in [2.75, 3.05) is 43.1 Å². The molecular weight excluding hydrogens is 585 g/mol. The molecule has 3 aliphatic rings. The molecule has 0 aliphatic carbocycles. The van der Waals surface area contributed by atoms with E-state index >= 15 is 0 Å². The average Bonchev–Trinajstić information content (AvgIpc) is 3.48. The Kier molecular flexibility index (Phi) is 8.37. The summed E-state index contributed by atoms with van der Waals surface area (Å²) in [5.41, 5.74) is 2.44. The summed E-state index contributed by atoms with van der Waals surface area (Å²) in [6.45, 7) is 7.27. The zero-order chi connectivity index (χ0) is 30.2. The minimum atomic E-state index is -0.722. The Morgan fingerprint density at radius 1 is 0.930 bits per heavy atom. The van der Waals surface area contributed by atoms with Crippen LogP contribution in [0.2, 0.25) is 0 Å². The first kappa shape index (κ1) is 29.5. The molecule has 0 bridgehead atoms. The maximum atomic E-state index is 14.2. The van der Waals surface area contributed by atoms with Crippen molar-refractivity contribution in [1.29, 1.82) is 0 Å². The molecule has 11 heteroatoms. The van der Waals surface area contributed by atoms with Gasteiger partial charge in [-0.15, -0.1) is 0 Å². The van der Waals surface area contributed by atoms with E-state index in [1.165, 1.54) is 21.2 Å². The van der Waals surface area contributed by atoms with Gasteiger partial charge in [-0.25, -0.2) is 4.90 Å². The normalized spacial score (nSPS) is 21.5. The number of ether oxygens (including phenoxy) is 1. The monoisotopic (exact) mass is 620 g/mol. The summed E-state index contributed by atoms with van der Waals surface area (Å²) in [7, 11) is 1.57. The molecule has 226 valence electrons. The van der Waals surface area contributed by atoms with Gasteiger partial charge in [0.25, 0.3) is 0 Å². The van der Waals surface area contributed by atoms with Crippen LogP contribution in [0.15, 0.2) is 58.4 Å². The molecule has 0 saturated carbocycles. The van der Waals surface area contributed by atoms with E-state index in [1.54, 1.807) is 31.4 Å². The number of carbonyl (C=O) groups excluding carboxylic acids is 3. The van der Waals surface area contributed by atoms with Crippen LogP contribution in [0.4, 0.5) is 11.4 Å². The van der Waals surface area contributed by atoms with Crippen molar-refractivity contribution in [3.8, 4) is 5.75 Å². The molecule has 3 atom stereocenters. The lowest BCUT2D eigenvalue weighted by Crippen LogP contribution is -2.39. The zero-order valence-corrected chi connectivity index (χ0v) is 26.3. The van der Waals surface area contributed by atoms with E-state index in [9.17, 15) is 19.2 Å². The van der Waals surface area contributed by atoms with Crippen LogP contribution in [-0.2, 0) is 20.9 Å². The number of aromatic nitrogens is 1. The van der Waals surface area contributed by atoms with Gasteiger partial charge in [0, 0.05) is 42.7 Å². The first-order valence-corrected chi connectivity index (χ1v) is 16.6. The van der Waals surface area contributed by atoms with Gasteiger partial charge in [0.15, 0.2) is 0 Å². The maximum Gasteiger partial charge on any atom is 0.308 e. The van der Waals surface area contributed by atoms with Gasteiger partial charge in [0.2, 0.25) is 17.7 Å². The van der Waals surface area contributed by atoms with Gasteiger partial charge in [-0.1, -0.05) is 35.2 Å². The molecule has 3 aromatic rings. The summed E-state index contributed by atoms with van der Waals surface area (Å²) in [5.74, 6) is -1.23. The third-order valence-electron chi connectivity index (χ3n) is 8.76. The Balaban J connectivity index is 1.42. The highest BCUT2D eigenvalue weighted by Crippen LogP contribution is 2.54. The number of fused-ring (bicyclic) bond motifs is 2. The molecule has 0 N–H and O–H groups in total.